The number of nitrogens with zero attached hydrogens (tertiary/aromatic N) is 2. The van der Waals surface area contributed by atoms with Crippen LogP contribution in [0.1, 0.15) is 16.8 Å². The summed E-state index contributed by atoms with van der Waals surface area (Å²) in [6.45, 7) is 1.02. The highest BCUT2D eigenvalue weighted by Gasteiger charge is 2.14. The molecule has 0 saturated carbocycles. The minimum Gasteiger partial charge on any atom is -0.319 e. The van der Waals surface area contributed by atoms with Gasteiger partial charge in [0.1, 0.15) is 6.29 Å². The lowest BCUT2D eigenvalue weighted by molar-refractivity contribution is 0.112. The summed E-state index contributed by atoms with van der Waals surface area (Å²) in [5.41, 5.74) is 2.80. The molecule has 3 nitrogen and oxygen atoms in total. The number of imidazole rings is 1. The van der Waals surface area contributed by atoms with E-state index in [-0.39, 0.29) is 0 Å². The number of thioether (sulfide) groups is 1. The molecule has 1 aromatic heterocycles. The number of aldehydes is 1. The highest BCUT2D eigenvalue weighted by molar-refractivity contribution is 7.99. The molecule has 15 heavy (non-hydrogen) atoms. The van der Waals surface area contributed by atoms with Crippen LogP contribution in [0.15, 0.2) is 23.4 Å². The van der Waals surface area contributed by atoms with E-state index >= 15 is 0 Å². The second kappa shape index (κ2) is 3.38. The van der Waals surface area contributed by atoms with Crippen molar-refractivity contribution in [3.63, 3.8) is 0 Å². The van der Waals surface area contributed by atoms with Crippen LogP contribution in [0.25, 0.3) is 11.0 Å². The lowest BCUT2D eigenvalue weighted by atomic mass is 10.2. The molecule has 0 fully saturated rings. The normalized spacial score (nSPS) is 15.2. The van der Waals surface area contributed by atoms with Crippen LogP contribution in [0.4, 0.5) is 0 Å². The average molecular weight is 218 g/mol. The molecule has 4 heteroatoms. The zero-order valence-electron chi connectivity index (χ0n) is 8.14. The third kappa shape index (κ3) is 1.36. The number of carbonyl (C=O) groups is 1. The summed E-state index contributed by atoms with van der Waals surface area (Å²) in [4.78, 5) is 15.2. The zero-order valence-corrected chi connectivity index (χ0v) is 8.96. The van der Waals surface area contributed by atoms with Crippen LogP contribution < -0.4 is 0 Å². The number of hydrogen-bond donors (Lipinski definition) is 0. The van der Waals surface area contributed by atoms with E-state index in [1.165, 1.54) is 6.42 Å². The zero-order chi connectivity index (χ0) is 10.3. The molecule has 0 spiro atoms. The van der Waals surface area contributed by atoms with Gasteiger partial charge < -0.3 is 4.57 Å². The molecule has 76 valence electrons. The molecule has 0 bridgehead atoms. The minimum atomic E-state index is 0.723. The van der Waals surface area contributed by atoms with Crippen molar-refractivity contribution in [1.29, 1.82) is 0 Å². The van der Waals surface area contributed by atoms with Crippen LogP contribution in [0, 0.1) is 0 Å². The first-order valence-electron chi connectivity index (χ1n) is 4.97. The fraction of sp³-hybridized carbons (Fsp3) is 0.273. The predicted octanol–water partition coefficient (Wildman–Crippen LogP) is 2.34. The van der Waals surface area contributed by atoms with Crippen molar-refractivity contribution in [2.75, 3.05) is 5.75 Å². The maximum absolute atomic E-state index is 10.7. The Kier molecular flexibility index (Phi) is 2.02. The number of hydrogen-bond acceptors (Lipinski definition) is 3. The van der Waals surface area contributed by atoms with Crippen molar-refractivity contribution < 1.29 is 4.79 Å². The summed E-state index contributed by atoms with van der Waals surface area (Å²) in [6, 6.07) is 5.66. The van der Waals surface area contributed by atoms with Crippen LogP contribution >= 0.6 is 11.8 Å². The Morgan fingerprint density at radius 3 is 3.27 bits per heavy atom. The van der Waals surface area contributed by atoms with Gasteiger partial charge in [0.25, 0.3) is 0 Å². The Morgan fingerprint density at radius 2 is 2.40 bits per heavy atom. The fourth-order valence-electron chi connectivity index (χ4n) is 1.90. The molecule has 1 aliphatic heterocycles. The van der Waals surface area contributed by atoms with Gasteiger partial charge in [-0.25, -0.2) is 4.98 Å². The van der Waals surface area contributed by atoms with Gasteiger partial charge in [-0.05, 0) is 24.6 Å². The van der Waals surface area contributed by atoms with Gasteiger partial charge >= 0.3 is 0 Å². The molecular formula is C11H10N2OS. The van der Waals surface area contributed by atoms with Gasteiger partial charge in [-0.3, -0.25) is 4.79 Å². The van der Waals surface area contributed by atoms with Crippen LogP contribution in [-0.2, 0) is 6.54 Å². The van der Waals surface area contributed by atoms with Gasteiger partial charge in [0.2, 0.25) is 0 Å². The Morgan fingerprint density at radius 1 is 1.47 bits per heavy atom. The summed E-state index contributed by atoms with van der Waals surface area (Å²) < 4.78 is 2.20. The van der Waals surface area contributed by atoms with Gasteiger partial charge in [-0.2, -0.15) is 0 Å². The molecule has 1 aliphatic rings. The largest absolute Gasteiger partial charge is 0.319 e. The van der Waals surface area contributed by atoms with E-state index in [9.17, 15) is 4.79 Å². The SMILES string of the molecule is O=Cc1ccc2nc3n(c2c1)CCCS3. The smallest absolute Gasteiger partial charge is 0.169 e. The number of carbonyl (C=O) groups excluding carboxylic acids is 1. The summed E-state index contributed by atoms with van der Waals surface area (Å²) in [5, 5.41) is 1.08. The van der Waals surface area contributed by atoms with E-state index in [1.807, 2.05) is 18.2 Å². The quantitative estimate of drug-likeness (QED) is 0.689. The second-order valence-corrected chi connectivity index (χ2v) is 4.68. The molecule has 0 unspecified atom stereocenters. The van der Waals surface area contributed by atoms with E-state index < -0.39 is 0 Å². The van der Waals surface area contributed by atoms with Gasteiger partial charge in [0.15, 0.2) is 5.16 Å². The van der Waals surface area contributed by atoms with Crippen molar-refractivity contribution in [3.8, 4) is 0 Å². The number of aryl methyl sites for hydroxylation is 1. The highest BCUT2D eigenvalue weighted by Crippen LogP contribution is 2.29. The average Bonchev–Trinajstić information content (AvgIpc) is 2.66. The summed E-state index contributed by atoms with van der Waals surface area (Å²) >= 11 is 1.79. The van der Waals surface area contributed by atoms with Crippen molar-refractivity contribution in [3.05, 3.63) is 23.8 Å². The number of fused-ring (bicyclic) bond motifs is 3. The van der Waals surface area contributed by atoms with Crippen molar-refractivity contribution in [1.82, 2.24) is 9.55 Å². The first-order chi connectivity index (χ1) is 7.38. The van der Waals surface area contributed by atoms with E-state index in [0.29, 0.717) is 0 Å². The van der Waals surface area contributed by atoms with E-state index in [0.717, 1.165) is 40.3 Å². The van der Waals surface area contributed by atoms with Crippen molar-refractivity contribution >= 4 is 29.1 Å². The van der Waals surface area contributed by atoms with Gasteiger partial charge in [-0.15, -0.1) is 0 Å². The van der Waals surface area contributed by atoms with E-state index in [4.69, 9.17) is 0 Å². The Labute approximate surface area is 91.5 Å². The standard InChI is InChI=1S/C11H10N2OS/c14-7-8-2-3-9-10(6-8)13-4-1-5-15-11(13)12-9/h2-3,6-7H,1,4-5H2. The molecule has 3 rings (SSSR count). The van der Waals surface area contributed by atoms with E-state index in [2.05, 4.69) is 9.55 Å². The molecule has 2 heterocycles. The maximum Gasteiger partial charge on any atom is 0.169 e. The Hall–Kier alpha value is -1.29. The second-order valence-electron chi connectivity index (χ2n) is 3.61. The van der Waals surface area contributed by atoms with Crippen LogP contribution in [-0.4, -0.2) is 21.6 Å². The number of benzene rings is 1. The van der Waals surface area contributed by atoms with Crippen molar-refractivity contribution in [2.45, 2.75) is 18.1 Å². The minimum absolute atomic E-state index is 0.723. The van der Waals surface area contributed by atoms with Crippen LogP contribution in [0.3, 0.4) is 0 Å². The first-order valence-corrected chi connectivity index (χ1v) is 5.95. The lowest BCUT2D eigenvalue weighted by Crippen LogP contribution is -2.06. The Balaban J connectivity index is 2.29. The molecule has 0 amide bonds. The highest BCUT2D eigenvalue weighted by atomic mass is 32.2. The topological polar surface area (TPSA) is 34.9 Å². The summed E-state index contributed by atoms with van der Waals surface area (Å²) in [7, 11) is 0. The maximum atomic E-state index is 10.7. The molecule has 2 aromatic rings. The Bertz CT molecular complexity index is 533. The number of aromatic nitrogens is 2. The monoisotopic (exact) mass is 218 g/mol. The van der Waals surface area contributed by atoms with Crippen LogP contribution in [0.2, 0.25) is 0 Å². The third-order valence-electron chi connectivity index (χ3n) is 2.63. The third-order valence-corrected chi connectivity index (χ3v) is 3.69. The van der Waals surface area contributed by atoms with Gasteiger partial charge in [0.05, 0.1) is 11.0 Å². The molecule has 1 aromatic carbocycles. The fourth-order valence-corrected chi connectivity index (χ4v) is 2.87. The van der Waals surface area contributed by atoms with Crippen LogP contribution in [0.5, 0.6) is 0 Å². The van der Waals surface area contributed by atoms with Gasteiger partial charge in [-0.1, -0.05) is 11.8 Å². The lowest BCUT2D eigenvalue weighted by Gasteiger charge is -2.13. The number of rotatable bonds is 1. The molecule has 0 saturated heterocycles. The first kappa shape index (κ1) is 8.97. The van der Waals surface area contributed by atoms with Gasteiger partial charge in [0, 0.05) is 17.9 Å². The molecule has 0 N–H and O–H groups in total. The summed E-state index contributed by atoms with van der Waals surface area (Å²) in [5.74, 6) is 1.14. The molecule has 0 atom stereocenters. The predicted molar refractivity (Wildman–Crippen MR) is 60.5 cm³/mol. The van der Waals surface area contributed by atoms with Crippen molar-refractivity contribution in [2.24, 2.45) is 0 Å². The molecular weight excluding hydrogens is 208 g/mol. The van der Waals surface area contributed by atoms with E-state index in [1.54, 1.807) is 11.8 Å². The summed E-state index contributed by atoms with van der Waals surface area (Å²) in [6.07, 6.45) is 2.06. The molecule has 0 radical (unpaired) electrons. The molecule has 0 aliphatic carbocycles.